The first kappa shape index (κ1) is 13.4. The van der Waals surface area contributed by atoms with Gasteiger partial charge in [0.05, 0.1) is 11.4 Å². The fourth-order valence-corrected chi connectivity index (χ4v) is 2.98. The molecule has 1 aliphatic rings. The van der Waals surface area contributed by atoms with Crippen LogP contribution in [0.2, 0.25) is 0 Å². The molecule has 0 radical (unpaired) electrons. The number of nitrogens with zero attached hydrogens (tertiary/aromatic N) is 2. The molecule has 0 aliphatic heterocycles. The Kier molecular flexibility index (Phi) is 4.49. The molecule has 1 aromatic carbocycles. The average molecular weight is 269 g/mol. The van der Waals surface area contributed by atoms with E-state index in [4.69, 9.17) is 0 Å². The van der Waals surface area contributed by atoms with E-state index in [1.54, 1.807) is 0 Å². The van der Waals surface area contributed by atoms with Crippen molar-refractivity contribution >= 4 is 0 Å². The van der Waals surface area contributed by atoms with E-state index in [1.807, 2.05) is 29.1 Å². The van der Waals surface area contributed by atoms with Crippen LogP contribution < -0.4 is 5.32 Å². The van der Waals surface area contributed by atoms with Gasteiger partial charge in [0.25, 0.3) is 0 Å². The lowest BCUT2D eigenvalue weighted by molar-refractivity contribution is 0.341. The molecule has 1 fully saturated rings. The van der Waals surface area contributed by atoms with Gasteiger partial charge in [-0.1, -0.05) is 37.5 Å². The van der Waals surface area contributed by atoms with E-state index in [0.717, 1.165) is 30.4 Å². The Morgan fingerprint density at radius 1 is 1.05 bits per heavy atom. The predicted octanol–water partition coefficient (Wildman–Crippen LogP) is 3.54. The highest BCUT2D eigenvalue weighted by atomic mass is 15.3. The average Bonchev–Trinajstić information content (AvgIpc) is 2.98. The normalized spacial score (nSPS) is 16.4. The second-order valence-corrected chi connectivity index (χ2v) is 5.72. The van der Waals surface area contributed by atoms with Crippen molar-refractivity contribution < 1.29 is 0 Å². The summed E-state index contributed by atoms with van der Waals surface area (Å²) in [6, 6.07) is 12.4. The summed E-state index contributed by atoms with van der Waals surface area (Å²) in [5, 5.41) is 8.18. The highest BCUT2D eigenvalue weighted by Crippen LogP contribution is 2.22. The molecule has 106 valence electrons. The molecule has 1 aliphatic carbocycles. The number of benzene rings is 1. The molecular weight excluding hydrogens is 246 g/mol. The van der Waals surface area contributed by atoms with E-state index in [0.29, 0.717) is 0 Å². The van der Waals surface area contributed by atoms with Crippen molar-refractivity contribution in [3.05, 3.63) is 48.3 Å². The maximum absolute atomic E-state index is 4.62. The minimum atomic E-state index is 0.871. The van der Waals surface area contributed by atoms with Crippen LogP contribution >= 0.6 is 0 Å². The molecule has 1 aromatic heterocycles. The van der Waals surface area contributed by atoms with E-state index in [1.165, 1.54) is 32.1 Å². The molecule has 0 amide bonds. The molecule has 3 nitrogen and oxygen atoms in total. The summed E-state index contributed by atoms with van der Waals surface area (Å²) in [6.45, 7) is 2.01. The molecule has 1 saturated carbocycles. The van der Waals surface area contributed by atoms with Gasteiger partial charge in [0, 0.05) is 12.7 Å². The molecule has 0 spiro atoms. The van der Waals surface area contributed by atoms with Gasteiger partial charge in [0.15, 0.2) is 0 Å². The molecule has 0 saturated heterocycles. The molecule has 3 rings (SSSR count). The lowest BCUT2D eigenvalue weighted by atomic mass is 9.89. The van der Waals surface area contributed by atoms with Crippen LogP contribution in [0.15, 0.2) is 42.6 Å². The van der Waals surface area contributed by atoms with Crippen LogP contribution in [-0.2, 0) is 6.54 Å². The smallest absolute Gasteiger partial charge is 0.0766 e. The highest BCUT2D eigenvalue weighted by molar-refractivity contribution is 5.30. The van der Waals surface area contributed by atoms with Crippen LogP contribution in [0.4, 0.5) is 0 Å². The monoisotopic (exact) mass is 269 g/mol. The number of aromatic nitrogens is 2. The van der Waals surface area contributed by atoms with E-state index in [-0.39, 0.29) is 0 Å². The quantitative estimate of drug-likeness (QED) is 0.899. The van der Waals surface area contributed by atoms with Crippen LogP contribution in [-0.4, -0.2) is 16.3 Å². The zero-order valence-corrected chi connectivity index (χ0v) is 12.0. The van der Waals surface area contributed by atoms with Gasteiger partial charge in [0.2, 0.25) is 0 Å². The SMILES string of the molecule is c1ccc(-n2ccc(CNCC3CCCCC3)n2)cc1. The Morgan fingerprint density at radius 2 is 1.85 bits per heavy atom. The summed E-state index contributed by atoms with van der Waals surface area (Å²) in [7, 11) is 0. The van der Waals surface area contributed by atoms with Gasteiger partial charge >= 0.3 is 0 Å². The van der Waals surface area contributed by atoms with Crippen molar-refractivity contribution in [1.29, 1.82) is 0 Å². The fraction of sp³-hybridized carbons (Fsp3) is 0.471. The number of nitrogens with one attached hydrogen (secondary N) is 1. The standard InChI is InChI=1S/C17H23N3/c1-3-7-15(8-4-1)13-18-14-16-11-12-20(19-16)17-9-5-2-6-10-17/h2,5-6,9-12,15,18H,1,3-4,7-8,13-14H2. The molecular formula is C17H23N3. The molecule has 0 unspecified atom stereocenters. The van der Waals surface area contributed by atoms with Gasteiger partial charge in [-0.05, 0) is 43.5 Å². The van der Waals surface area contributed by atoms with Gasteiger partial charge in [-0.25, -0.2) is 4.68 Å². The lowest BCUT2D eigenvalue weighted by Gasteiger charge is -2.21. The summed E-state index contributed by atoms with van der Waals surface area (Å²) in [6.07, 6.45) is 9.08. The third-order valence-corrected chi connectivity index (χ3v) is 4.13. The summed E-state index contributed by atoms with van der Waals surface area (Å²) in [5.74, 6) is 0.875. The molecule has 0 atom stereocenters. The third kappa shape index (κ3) is 3.48. The van der Waals surface area contributed by atoms with Crippen LogP contribution in [0.25, 0.3) is 5.69 Å². The van der Waals surface area contributed by atoms with Crippen molar-refractivity contribution in [2.75, 3.05) is 6.54 Å². The maximum Gasteiger partial charge on any atom is 0.0766 e. The van der Waals surface area contributed by atoms with Gasteiger partial charge < -0.3 is 5.32 Å². The predicted molar refractivity (Wildman–Crippen MR) is 81.8 cm³/mol. The first-order valence-electron chi connectivity index (χ1n) is 7.72. The van der Waals surface area contributed by atoms with Crippen LogP contribution in [0.3, 0.4) is 0 Å². The summed E-state index contributed by atoms with van der Waals surface area (Å²) < 4.78 is 1.94. The van der Waals surface area contributed by atoms with Crippen molar-refractivity contribution in [2.45, 2.75) is 38.6 Å². The molecule has 20 heavy (non-hydrogen) atoms. The molecule has 1 N–H and O–H groups in total. The second kappa shape index (κ2) is 6.71. The summed E-state index contributed by atoms with van der Waals surface area (Å²) in [4.78, 5) is 0. The fourth-order valence-electron chi connectivity index (χ4n) is 2.98. The van der Waals surface area contributed by atoms with Crippen molar-refractivity contribution in [3.63, 3.8) is 0 Å². The number of hydrogen-bond acceptors (Lipinski definition) is 2. The largest absolute Gasteiger partial charge is 0.311 e. The summed E-state index contributed by atoms with van der Waals surface area (Å²) in [5.41, 5.74) is 2.23. The second-order valence-electron chi connectivity index (χ2n) is 5.72. The van der Waals surface area contributed by atoms with Gasteiger partial charge in [-0.15, -0.1) is 0 Å². The lowest BCUT2D eigenvalue weighted by Crippen LogP contribution is -2.24. The molecule has 2 aromatic rings. The molecule has 0 bridgehead atoms. The van der Waals surface area contributed by atoms with Crippen molar-refractivity contribution in [3.8, 4) is 5.69 Å². The van der Waals surface area contributed by atoms with Crippen LogP contribution in [0.1, 0.15) is 37.8 Å². The van der Waals surface area contributed by atoms with E-state index >= 15 is 0 Å². The van der Waals surface area contributed by atoms with Crippen LogP contribution in [0.5, 0.6) is 0 Å². The molecule has 1 heterocycles. The first-order chi connectivity index (χ1) is 9.92. The van der Waals surface area contributed by atoms with E-state index in [9.17, 15) is 0 Å². The Labute approximate surface area is 121 Å². The van der Waals surface area contributed by atoms with Gasteiger partial charge in [0.1, 0.15) is 0 Å². The van der Waals surface area contributed by atoms with E-state index in [2.05, 4.69) is 28.6 Å². The van der Waals surface area contributed by atoms with Gasteiger partial charge in [-0.3, -0.25) is 0 Å². The summed E-state index contributed by atoms with van der Waals surface area (Å²) >= 11 is 0. The third-order valence-electron chi connectivity index (χ3n) is 4.13. The topological polar surface area (TPSA) is 29.9 Å². The Hall–Kier alpha value is -1.61. The first-order valence-corrected chi connectivity index (χ1v) is 7.72. The highest BCUT2D eigenvalue weighted by Gasteiger charge is 2.12. The zero-order chi connectivity index (χ0) is 13.6. The number of hydrogen-bond donors (Lipinski definition) is 1. The van der Waals surface area contributed by atoms with E-state index < -0.39 is 0 Å². The van der Waals surface area contributed by atoms with Crippen LogP contribution in [0, 0.1) is 5.92 Å². The Balaban J connectivity index is 1.50. The van der Waals surface area contributed by atoms with Gasteiger partial charge in [-0.2, -0.15) is 5.10 Å². The Morgan fingerprint density at radius 3 is 2.65 bits per heavy atom. The van der Waals surface area contributed by atoms with Crippen molar-refractivity contribution in [2.24, 2.45) is 5.92 Å². The Bertz CT molecular complexity index is 512. The number of rotatable bonds is 5. The minimum absolute atomic E-state index is 0.871. The zero-order valence-electron chi connectivity index (χ0n) is 12.0. The minimum Gasteiger partial charge on any atom is -0.311 e. The maximum atomic E-state index is 4.62. The van der Waals surface area contributed by atoms with Crippen molar-refractivity contribution in [1.82, 2.24) is 15.1 Å². The molecule has 3 heteroatoms. The number of para-hydroxylation sites is 1.